The lowest BCUT2D eigenvalue weighted by atomic mass is 10.0. The topological polar surface area (TPSA) is 65.5 Å². The molecule has 1 aromatic heterocycles. The molecule has 3 aromatic rings. The zero-order valence-corrected chi connectivity index (χ0v) is 15.5. The molecule has 0 atom stereocenters. The van der Waals surface area contributed by atoms with Gasteiger partial charge in [-0.1, -0.05) is 42.5 Å². The highest BCUT2D eigenvalue weighted by atomic mass is 16.3. The smallest absolute Gasteiger partial charge is 0.255 e. The van der Waals surface area contributed by atoms with Crippen LogP contribution in [0.5, 0.6) is 5.75 Å². The Morgan fingerprint density at radius 2 is 1.81 bits per heavy atom. The number of carbonyl (C=O) groups is 1. The van der Waals surface area contributed by atoms with Crippen molar-refractivity contribution in [3.63, 3.8) is 0 Å². The first-order chi connectivity index (χ1) is 13.0. The van der Waals surface area contributed by atoms with Gasteiger partial charge in [0.1, 0.15) is 11.6 Å². The molecule has 3 rings (SSSR count). The van der Waals surface area contributed by atoms with Gasteiger partial charge in [0.2, 0.25) is 0 Å². The van der Waals surface area contributed by atoms with Crippen LogP contribution in [0, 0.1) is 0 Å². The number of benzene rings is 2. The van der Waals surface area contributed by atoms with E-state index in [9.17, 15) is 9.90 Å². The van der Waals surface area contributed by atoms with Gasteiger partial charge >= 0.3 is 0 Å². The Morgan fingerprint density at radius 1 is 1.04 bits per heavy atom. The number of amides is 1. The van der Waals surface area contributed by atoms with Crippen molar-refractivity contribution < 1.29 is 9.90 Å². The van der Waals surface area contributed by atoms with E-state index in [1.165, 1.54) is 0 Å². The SMILES string of the molecule is CN(C)c1ncccc1CNC(=O)c1cc(Cc2ccccc2)ccc1O. The molecule has 0 unspecified atom stereocenters. The number of phenolic OH excluding ortho intramolecular Hbond substituents is 1. The van der Waals surface area contributed by atoms with Gasteiger partial charge in [0.15, 0.2) is 0 Å². The number of nitrogens with zero attached hydrogens (tertiary/aromatic N) is 2. The standard InChI is InChI=1S/C22H23N3O2/c1-25(2)21-18(9-6-12-23-21)15-24-22(27)19-14-17(10-11-20(19)26)13-16-7-4-3-5-8-16/h3-12,14,26H,13,15H2,1-2H3,(H,24,27). The minimum absolute atomic E-state index is 0.0247. The molecule has 0 spiro atoms. The molecule has 138 valence electrons. The molecule has 0 fully saturated rings. The number of nitrogens with one attached hydrogen (secondary N) is 1. The summed E-state index contributed by atoms with van der Waals surface area (Å²) in [6.45, 7) is 0.336. The molecular weight excluding hydrogens is 338 g/mol. The molecule has 0 aliphatic carbocycles. The molecule has 27 heavy (non-hydrogen) atoms. The van der Waals surface area contributed by atoms with Gasteiger partial charge in [0.25, 0.3) is 5.91 Å². The first-order valence-electron chi connectivity index (χ1n) is 8.80. The molecule has 5 heteroatoms. The fourth-order valence-corrected chi connectivity index (χ4v) is 2.95. The van der Waals surface area contributed by atoms with Crippen LogP contribution in [-0.2, 0) is 13.0 Å². The van der Waals surface area contributed by atoms with Crippen molar-refractivity contribution in [1.29, 1.82) is 0 Å². The summed E-state index contributed by atoms with van der Waals surface area (Å²) in [5, 5.41) is 13.0. The van der Waals surface area contributed by atoms with Crippen molar-refractivity contribution in [2.75, 3.05) is 19.0 Å². The summed E-state index contributed by atoms with van der Waals surface area (Å²) in [6, 6.07) is 18.9. The lowest BCUT2D eigenvalue weighted by Gasteiger charge is -2.16. The molecule has 0 bridgehead atoms. The summed E-state index contributed by atoms with van der Waals surface area (Å²) in [7, 11) is 3.82. The molecule has 0 aliphatic heterocycles. The number of rotatable bonds is 6. The van der Waals surface area contributed by atoms with E-state index in [0.29, 0.717) is 13.0 Å². The maximum Gasteiger partial charge on any atom is 0.255 e. The van der Waals surface area contributed by atoms with Crippen molar-refractivity contribution in [3.05, 3.63) is 89.1 Å². The van der Waals surface area contributed by atoms with Crippen LogP contribution in [0.15, 0.2) is 66.9 Å². The van der Waals surface area contributed by atoms with Crippen LogP contribution in [0.25, 0.3) is 0 Å². The van der Waals surface area contributed by atoms with Gasteiger partial charge in [-0.3, -0.25) is 4.79 Å². The molecule has 1 amide bonds. The number of pyridine rings is 1. The lowest BCUT2D eigenvalue weighted by molar-refractivity contribution is 0.0948. The van der Waals surface area contributed by atoms with E-state index in [-0.39, 0.29) is 17.2 Å². The van der Waals surface area contributed by atoms with Crippen LogP contribution in [0.4, 0.5) is 5.82 Å². The van der Waals surface area contributed by atoms with Crippen LogP contribution in [0.2, 0.25) is 0 Å². The second-order valence-electron chi connectivity index (χ2n) is 6.58. The van der Waals surface area contributed by atoms with E-state index in [1.807, 2.05) is 67.5 Å². The quantitative estimate of drug-likeness (QED) is 0.706. The Balaban J connectivity index is 1.74. The second-order valence-corrected chi connectivity index (χ2v) is 6.58. The lowest BCUT2D eigenvalue weighted by Crippen LogP contribution is -2.24. The van der Waals surface area contributed by atoms with Crippen LogP contribution in [-0.4, -0.2) is 30.1 Å². The van der Waals surface area contributed by atoms with E-state index >= 15 is 0 Å². The molecule has 5 nitrogen and oxygen atoms in total. The number of carbonyl (C=O) groups excluding carboxylic acids is 1. The third-order valence-electron chi connectivity index (χ3n) is 4.29. The Bertz CT molecular complexity index is 924. The molecule has 0 saturated carbocycles. The maximum atomic E-state index is 12.6. The Kier molecular flexibility index (Phi) is 5.71. The highest BCUT2D eigenvalue weighted by Crippen LogP contribution is 2.21. The Morgan fingerprint density at radius 3 is 2.56 bits per heavy atom. The zero-order valence-electron chi connectivity index (χ0n) is 15.5. The van der Waals surface area contributed by atoms with Gasteiger partial charge in [-0.05, 0) is 35.7 Å². The van der Waals surface area contributed by atoms with Crippen molar-refractivity contribution >= 4 is 11.7 Å². The van der Waals surface area contributed by atoms with Crippen molar-refractivity contribution in [2.24, 2.45) is 0 Å². The van der Waals surface area contributed by atoms with Crippen LogP contribution < -0.4 is 10.2 Å². The predicted octanol–water partition coefficient (Wildman–Crippen LogP) is 3.37. The van der Waals surface area contributed by atoms with E-state index in [2.05, 4.69) is 10.3 Å². The normalized spacial score (nSPS) is 10.4. The average molecular weight is 361 g/mol. The number of phenols is 1. The van der Waals surface area contributed by atoms with Crippen molar-refractivity contribution in [1.82, 2.24) is 10.3 Å². The number of anilines is 1. The number of hydrogen-bond acceptors (Lipinski definition) is 4. The molecule has 0 radical (unpaired) electrons. The first kappa shape index (κ1) is 18.5. The minimum atomic E-state index is -0.309. The number of aromatic hydroxyl groups is 1. The summed E-state index contributed by atoms with van der Waals surface area (Å²) in [4.78, 5) is 18.9. The van der Waals surface area contributed by atoms with Crippen LogP contribution >= 0.6 is 0 Å². The summed E-state index contributed by atoms with van der Waals surface area (Å²) < 4.78 is 0. The number of hydrogen-bond donors (Lipinski definition) is 2. The monoisotopic (exact) mass is 361 g/mol. The second kappa shape index (κ2) is 8.36. The van der Waals surface area contributed by atoms with Crippen LogP contribution in [0.1, 0.15) is 27.0 Å². The summed E-state index contributed by atoms with van der Waals surface area (Å²) >= 11 is 0. The Hall–Kier alpha value is -3.34. The molecule has 2 N–H and O–H groups in total. The van der Waals surface area contributed by atoms with Crippen molar-refractivity contribution in [2.45, 2.75) is 13.0 Å². The van der Waals surface area contributed by atoms with E-state index in [1.54, 1.807) is 18.3 Å². The average Bonchev–Trinajstić information content (AvgIpc) is 2.68. The van der Waals surface area contributed by atoms with Gasteiger partial charge in [0, 0.05) is 32.4 Å². The largest absolute Gasteiger partial charge is 0.507 e. The fraction of sp³-hybridized carbons (Fsp3) is 0.182. The van der Waals surface area contributed by atoms with Crippen molar-refractivity contribution in [3.8, 4) is 5.75 Å². The highest BCUT2D eigenvalue weighted by molar-refractivity contribution is 5.97. The van der Waals surface area contributed by atoms with E-state index in [0.717, 1.165) is 22.5 Å². The van der Waals surface area contributed by atoms with Gasteiger partial charge in [0.05, 0.1) is 5.56 Å². The molecular formula is C22H23N3O2. The molecule has 2 aromatic carbocycles. The third-order valence-corrected chi connectivity index (χ3v) is 4.29. The van der Waals surface area contributed by atoms with Crippen LogP contribution in [0.3, 0.4) is 0 Å². The van der Waals surface area contributed by atoms with Gasteiger partial charge in [-0.2, -0.15) is 0 Å². The Labute approximate surface area is 159 Å². The number of aromatic nitrogens is 1. The van der Waals surface area contributed by atoms with E-state index in [4.69, 9.17) is 0 Å². The third kappa shape index (κ3) is 4.64. The fourth-order valence-electron chi connectivity index (χ4n) is 2.95. The maximum absolute atomic E-state index is 12.6. The van der Waals surface area contributed by atoms with Gasteiger partial charge in [-0.15, -0.1) is 0 Å². The molecule has 1 heterocycles. The molecule has 0 saturated heterocycles. The highest BCUT2D eigenvalue weighted by Gasteiger charge is 2.13. The van der Waals surface area contributed by atoms with E-state index < -0.39 is 0 Å². The predicted molar refractivity (Wildman–Crippen MR) is 107 cm³/mol. The first-order valence-corrected chi connectivity index (χ1v) is 8.80. The minimum Gasteiger partial charge on any atom is -0.507 e. The molecule has 0 aliphatic rings. The summed E-state index contributed by atoms with van der Waals surface area (Å²) in [5.74, 6) is 0.471. The van der Waals surface area contributed by atoms with Gasteiger partial charge < -0.3 is 15.3 Å². The zero-order chi connectivity index (χ0) is 19.2. The van der Waals surface area contributed by atoms with Gasteiger partial charge in [-0.25, -0.2) is 4.98 Å². The summed E-state index contributed by atoms with van der Waals surface area (Å²) in [5.41, 5.74) is 3.31. The summed E-state index contributed by atoms with van der Waals surface area (Å²) in [6.07, 6.45) is 2.42.